The number of nitrogens with one attached hydrogen (secondary N) is 1. The van der Waals surface area contributed by atoms with Gasteiger partial charge in [-0.2, -0.15) is 0 Å². The van der Waals surface area contributed by atoms with Gasteiger partial charge < -0.3 is 15.1 Å². The maximum absolute atomic E-state index is 10.5. The van der Waals surface area contributed by atoms with Gasteiger partial charge in [0, 0.05) is 43.4 Å². The molecular weight excluding hydrogens is 306 g/mol. The van der Waals surface area contributed by atoms with Gasteiger partial charge in [0.1, 0.15) is 17.8 Å². The number of nitrogens with two attached hydrogens (primary N) is 1. The maximum Gasteiger partial charge on any atom is 0.151 e. The molecule has 1 fully saturated rings. The molecule has 2 heterocycles. The summed E-state index contributed by atoms with van der Waals surface area (Å²) in [7, 11) is 0. The molecular formula is C17H21N5O2. The zero-order valence-electron chi connectivity index (χ0n) is 13.4. The van der Waals surface area contributed by atoms with Crippen LogP contribution in [0.4, 0.5) is 0 Å². The van der Waals surface area contributed by atoms with Gasteiger partial charge in [-0.15, -0.1) is 0 Å². The SMILES string of the molecule is N=C(N)c1ccc(-c2cc(CN3CCN(CC=O)CC3)on2)cc1. The summed E-state index contributed by atoms with van der Waals surface area (Å²) in [5.74, 6) is 0.876. The van der Waals surface area contributed by atoms with Crippen molar-refractivity contribution in [3.8, 4) is 11.3 Å². The number of piperazine rings is 1. The topological polar surface area (TPSA) is 99.5 Å². The smallest absolute Gasteiger partial charge is 0.151 e. The molecule has 1 aliphatic heterocycles. The first-order valence-electron chi connectivity index (χ1n) is 7.94. The molecule has 126 valence electrons. The molecule has 2 aromatic rings. The second kappa shape index (κ2) is 7.37. The second-order valence-corrected chi connectivity index (χ2v) is 5.91. The van der Waals surface area contributed by atoms with Gasteiger partial charge in [-0.25, -0.2) is 0 Å². The van der Waals surface area contributed by atoms with Gasteiger partial charge in [0.05, 0.1) is 13.1 Å². The van der Waals surface area contributed by atoms with Gasteiger partial charge in [-0.3, -0.25) is 15.2 Å². The van der Waals surface area contributed by atoms with Crippen LogP contribution >= 0.6 is 0 Å². The van der Waals surface area contributed by atoms with Crippen molar-refractivity contribution >= 4 is 12.1 Å². The molecule has 0 atom stereocenters. The van der Waals surface area contributed by atoms with Crippen LogP contribution in [-0.4, -0.2) is 59.8 Å². The highest BCUT2D eigenvalue weighted by Gasteiger charge is 2.18. The predicted molar refractivity (Wildman–Crippen MR) is 90.7 cm³/mol. The Hall–Kier alpha value is -2.51. The van der Waals surface area contributed by atoms with Crippen molar-refractivity contribution in [1.29, 1.82) is 5.41 Å². The van der Waals surface area contributed by atoms with Crippen molar-refractivity contribution in [2.45, 2.75) is 6.54 Å². The Morgan fingerprint density at radius 1 is 1.21 bits per heavy atom. The van der Waals surface area contributed by atoms with E-state index in [1.807, 2.05) is 18.2 Å². The van der Waals surface area contributed by atoms with Crippen molar-refractivity contribution in [3.05, 3.63) is 41.7 Å². The van der Waals surface area contributed by atoms with Gasteiger partial charge >= 0.3 is 0 Å². The first kappa shape index (κ1) is 16.4. The van der Waals surface area contributed by atoms with Crippen molar-refractivity contribution in [2.24, 2.45) is 5.73 Å². The highest BCUT2D eigenvalue weighted by molar-refractivity contribution is 5.95. The number of hydrogen-bond donors (Lipinski definition) is 2. The molecule has 0 unspecified atom stereocenters. The van der Waals surface area contributed by atoms with Crippen LogP contribution in [0.1, 0.15) is 11.3 Å². The molecule has 1 aromatic heterocycles. The van der Waals surface area contributed by atoms with E-state index < -0.39 is 0 Å². The third kappa shape index (κ3) is 3.87. The van der Waals surface area contributed by atoms with Crippen molar-refractivity contribution in [3.63, 3.8) is 0 Å². The molecule has 24 heavy (non-hydrogen) atoms. The molecule has 0 saturated carbocycles. The van der Waals surface area contributed by atoms with Crippen LogP contribution in [-0.2, 0) is 11.3 Å². The van der Waals surface area contributed by atoms with E-state index in [-0.39, 0.29) is 5.84 Å². The fourth-order valence-corrected chi connectivity index (χ4v) is 2.80. The van der Waals surface area contributed by atoms with E-state index >= 15 is 0 Å². The lowest BCUT2D eigenvalue weighted by Gasteiger charge is -2.32. The first-order chi connectivity index (χ1) is 11.7. The van der Waals surface area contributed by atoms with E-state index in [0.29, 0.717) is 18.7 Å². The van der Waals surface area contributed by atoms with Gasteiger partial charge in [0.25, 0.3) is 0 Å². The first-order valence-corrected chi connectivity index (χ1v) is 7.94. The summed E-state index contributed by atoms with van der Waals surface area (Å²) < 4.78 is 5.45. The minimum atomic E-state index is 0.0520. The normalized spacial score (nSPS) is 16.2. The monoisotopic (exact) mass is 327 g/mol. The summed E-state index contributed by atoms with van der Waals surface area (Å²) in [5, 5.41) is 11.5. The van der Waals surface area contributed by atoms with Crippen LogP contribution in [0.15, 0.2) is 34.9 Å². The fourth-order valence-electron chi connectivity index (χ4n) is 2.80. The van der Waals surface area contributed by atoms with E-state index in [2.05, 4.69) is 15.0 Å². The van der Waals surface area contributed by atoms with Gasteiger partial charge in [0.2, 0.25) is 0 Å². The number of carbonyl (C=O) groups excluding carboxylic acids is 1. The van der Waals surface area contributed by atoms with Crippen molar-refractivity contribution < 1.29 is 9.32 Å². The van der Waals surface area contributed by atoms with E-state index in [1.54, 1.807) is 12.1 Å². The molecule has 1 aromatic carbocycles. The van der Waals surface area contributed by atoms with E-state index in [1.165, 1.54) is 0 Å². The number of aldehydes is 1. The quantitative estimate of drug-likeness (QED) is 0.465. The number of amidine groups is 1. The molecule has 1 saturated heterocycles. The van der Waals surface area contributed by atoms with E-state index in [0.717, 1.165) is 49.5 Å². The summed E-state index contributed by atoms with van der Waals surface area (Å²) in [5.41, 5.74) is 7.86. The zero-order valence-corrected chi connectivity index (χ0v) is 13.4. The van der Waals surface area contributed by atoms with Crippen LogP contribution in [0.5, 0.6) is 0 Å². The van der Waals surface area contributed by atoms with Gasteiger partial charge in [-0.1, -0.05) is 29.4 Å². The Labute approximate surface area is 140 Å². The van der Waals surface area contributed by atoms with Crippen LogP contribution < -0.4 is 5.73 Å². The largest absolute Gasteiger partial charge is 0.384 e. The summed E-state index contributed by atoms with van der Waals surface area (Å²) in [6, 6.07) is 9.32. The molecule has 3 rings (SSSR count). The third-order valence-electron chi connectivity index (χ3n) is 4.23. The molecule has 0 aliphatic carbocycles. The molecule has 1 aliphatic rings. The number of nitrogens with zero attached hydrogens (tertiary/aromatic N) is 3. The summed E-state index contributed by atoms with van der Waals surface area (Å²) in [4.78, 5) is 15.0. The number of benzene rings is 1. The van der Waals surface area contributed by atoms with Crippen molar-refractivity contribution in [1.82, 2.24) is 15.0 Å². The fraction of sp³-hybridized carbons (Fsp3) is 0.353. The van der Waals surface area contributed by atoms with Crippen LogP contribution in [0.2, 0.25) is 0 Å². The summed E-state index contributed by atoms with van der Waals surface area (Å²) >= 11 is 0. The molecule has 3 N–H and O–H groups in total. The standard InChI is InChI=1S/C17H21N5O2/c18-17(19)14-3-1-13(2-4-14)16-11-15(24-20-16)12-22-7-5-21(6-8-22)9-10-23/h1-4,10-11H,5-9,12H2,(H3,18,19). The van der Waals surface area contributed by atoms with Gasteiger partial charge in [-0.05, 0) is 0 Å². The number of hydrogen-bond acceptors (Lipinski definition) is 6. The lowest BCUT2D eigenvalue weighted by Crippen LogP contribution is -2.46. The summed E-state index contributed by atoms with van der Waals surface area (Å²) in [6.45, 7) is 4.84. The Bertz CT molecular complexity index is 702. The molecule has 0 spiro atoms. The lowest BCUT2D eigenvalue weighted by molar-refractivity contribution is -0.109. The van der Waals surface area contributed by atoms with Crippen molar-refractivity contribution in [2.75, 3.05) is 32.7 Å². The zero-order chi connectivity index (χ0) is 16.9. The molecule has 7 nitrogen and oxygen atoms in total. The molecule has 7 heteroatoms. The maximum atomic E-state index is 10.5. The van der Waals surface area contributed by atoms with Crippen LogP contribution in [0.3, 0.4) is 0 Å². The minimum absolute atomic E-state index is 0.0520. The second-order valence-electron chi connectivity index (χ2n) is 5.91. The Balaban J connectivity index is 1.59. The minimum Gasteiger partial charge on any atom is -0.384 e. The highest BCUT2D eigenvalue weighted by Crippen LogP contribution is 2.20. The average Bonchev–Trinajstić information content (AvgIpc) is 3.05. The lowest BCUT2D eigenvalue weighted by atomic mass is 10.1. The summed E-state index contributed by atoms with van der Waals surface area (Å²) in [6.07, 6.45) is 0.954. The third-order valence-corrected chi connectivity index (χ3v) is 4.23. The molecule has 0 radical (unpaired) electrons. The van der Waals surface area contributed by atoms with Crippen LogP contribution in [0, 0.1) is 5.41 Å². The van der Waals surface area contributed by atoms with E-state index in [9.17, 15) is 4.79 Å². The number of carbonyl (C=O) groups is 1. The van der Waals surface area contributed by atoms with E-state index in [4.69, 9.17) is 15.7 Å². The Morgan fingerprint density at radius 3 is 2.50 bits per heavy atom. The predicted octanol–water partition coefficient (Wildman–Crippen LogP) is 0.942. The molecule has 0 bridgehead atoms. The molecule has 0 amide bonds. The van der Waals surface area contributed by atoms with Gasteiger partial charge in [0.15, 0.2) is 5.76 Å². The number of nitrogen functional groups attached to an aromatic ring is 1. The Morgan fingerprint density at radius 2 is 1.88 bits per heavy atom. The van der Waals surface area contributed by atoms with Crippen LogP contribution in [0.25, 0.3) is 11.3 Å². The number of aromatic nitrogens is 1. The Kier molecular flexibility index (Phi) is 5.02. The highest BCUT2D eigenvalue weighted by atomic mass is 16.5. The number of rotatable bonds is 6. The average molecular weight is 327 g/mol.